The van der Waals surface area contributed by atoms with Crippen LogP contribution in [0.5, 0.6) is 11.5 Å². The summed E-state index contributed by atoms with van der Waals surface area (Å²) in [4.78, 5) is 0.0854. The Hall–Kier alpha value is -2.57. The normalized spacial score (nSPS) is 11.5. The van der Waals surface area contributed by atoms with E-state index in [0.29, 0.717) is 24.5 Å². The van der Waals surface area contributed by atoms with Crippen LogP contribution in [0.1, 0.15) is 5.56 Å². The molecule has 0 spiro atoms. The van der Waals surface area contributed by atoms with Gasteiger partial charge in [0.25, 0.3) is 0 Å². The van der Waals surface area contributed by atoms with Gasteiger partial charge in [0, 0.05) is 7.11 Å². The molecule has 5 nitrogen and oxygen atoms in total. The molecule has 0 aliphatic heterocycles. The van der Waals surface area contributed by atoms with E-state index < -0.39 is 10.1 Å². The van der Waals surface area contributed by atoms with Crippen LogP contribution in [0.25, 0.3) is 10.8 Å². The molecule has 26 heavy (non-hydrogen) atoms. The molecule has 0 aromatic heterocycles. The number of methoxy groups -OCH3 is 1. The van der Waals surface area contributed by atoms with Gasteiger partial charge in [0.2, 0.25) is 0 Å². The highest BCUT2D eigenvalue weighted by Gasteiger charge is 2.18. The lowest BCUT2D eigenvalue weighted by atomic mass is 10.1. The molecule has 0 atom stereocenters. The van der Waals surface area contributed by atoms with Crippen LogP contribution in [-0.2, 0) is 14.9 Å². The summed E-state index contributed by atoms with van der Waals surface area (Å²) < 4.78 is 40.9. The first-order chi connectivity index (χ1) is 12.5. The second kappa shape index (κ2) is 7.76. The van der Waals surface area contributed by atoms with E-state index in [1.54, 1.807) is 38.3 Å². The smallest absolute Gasteiger partial charge is 0.339 e. The maximum Gasteiger partial charge on any atom is 0.339 e. The number of hydrogen-bond donors (Lipinski definition) is 0. The lowest BCUT2D eigenvalue weighted by Gasteiger charge is -2.12. The van der Waals surface area contributed by atoms with Crippen molar-refractivity contribution < 1.29 is 22.1 Å². The Morgan fingerprint density at radius 1 is 0.885 bits per heavy atom. The summed E-state index contributed by atoms with van der Waals surface area (Å²) in [5.74, 6) is 0.897. The van der Waals surface area contributed by atoms with E-state index in [4.69, 9.17) is 13.7 Å². The van der Waals surface area contributed by atoms with Crippen molar-refractivity contribution in [3.63, 3.8) is 0 Å². The van der Waals surface area contributed by atoms with Crippen LogP contribution in [0.4, 0.5) is 0 Å². The van der Waals surface area contributed by atoms with Gasteiger partial charge >= 0.3 is 10.1 Å². The van der Waals surface area contributed by atoms with Crippen molar-refractivity contribution in [1.82, 2.24) is 0 Å². The molecular weight excluding hydrogens is 352 g/mol. The minimum absolute atomic E-state index is 0.0854. The maximum atomic E-state index is 12.6. The monoisotopic (exact) mass is 372 g/mol. The number of benzene rings is 3. The van der Waals surface area contributed by atoms with Gasteiger partial charge in [-0.3, -0.25) is 0 Å². The van der Waals surface area contributed by atoms with Crippen LogP contribution < -0.4 is 8.92 Å². The average Bonchev–Trinajstić information content (AvgIpc) is 2.62. The standard InChI is InChI=1S/C20H20O5S/c1-15-13-19(9-10-20(15)24-12-11-23-2)26(21,22)25-18-8-7-16-5-3-4-6-17(16)14-18/h3-10,13-14H,11-12H2,1-2H3. The highest BCUT2D eigenvalue weighted by atomic mass is 32.2. The molecule has 0 radical (unpaired) electrons. The van der Waals surface area contributed by atoms with Crippen LogP contribution in [0.15, 0.2) is 65.6 Å². The third-order valence-electron chi connectivity index (χ3n) is 3.91. The van der Waals surface area contributed by atoms with Crippen molar-refractivity contribution in [1.29, 1.82) is 0 Å². The molecule has 0 fully saturated rings. The van der Waals surface area contributed by atoms with Gasteiger partial charge in [-0.15, -0.1) is 0 Å². The van der Waals surface area contributed by atoms with Crippen molar-refractivity contribution in [3.8, 4) is 11.5 Å². The molecule has 3 aromatic carbocycles. The zero-order chi connectivity index (χ0) is 18.6. The minimum Gasteiger partial charge on any atom is -0.491 e. The summed E-state index contributed by atoms with van der Waals surface area (Å²) >= 11 is 0. The number of ether oxygens (including phenoxy) is 2. The fourth-order valence-electron chi connectivity index (χ4n) is 2.57. The fraction of sp³-hybridized carbons (Fsp3) is 0.200. The first-order valence-electron chi connectivity index (χ1n) is 8.15. The van der Waals surface area contributed by atoms with E-state index in [9.17, 15) is 8.42 Å². The highest BCUT2D eigenvalue weighted by molar-refractivity contribution is 7.87. The Bertz CT molecular complexity index is 1010. The predicted octanol–water partition coefficient (Wildman–Crippen LogP) is 3.94. The van der Waals surface area contributed by atoms with E-state index >= 15 is 0 Å². The van der Waals surface area contributed by atoms with E-state index in [-0.39, 0.29) is 10.6 Å². The Labute approximate surface area is 153 Å². The first-order valence-corrected chi connectivity index (χ1v) is 9.56. The van der Waals surface area contributed by atoms with E-state index in [1.165, 1.54) is 6.07 Å². The van der Waals surface area contributed by atoms with Gasteiger partial charge in [0.1, 0.15) is 23.0 Å². The molecule has 0 saturated carbocycles. The molecular formula is C20H20O5S. The summed E-state index contributed by atoms with van der Waals surface area (Å²) in [6.07, 6.45) is 0. The second-order valence-corrected chi connectivity index (χ2v) is 7.36. The zero-order valence-electron chi connectivity index (χ0n) is 14.6. The van der Waals surface area contributed by atoms with Gasteiger partial charge in [-0.05, 0) is 53.6 Å². The molecule has 0 aliphatic rings. The lowest BCUT2D eigenvalue weighted by Crippen LogP contribution is -2.11. The Kier molecular flexibility index (Phi) is 5.44. The third kappa shape index (κ3) is 4.15. The van der Waals surface area contributed by atoms with Crippen LogP contribution in [-0.4, -0.2) is 28.7 Å². The fourth-order valence-corrected chi connectivity index (χ4v) is 3.58. The van der Waals surface area contributed by atoms with E-state index in [1.807, 2.05) is 30.3 Å². The molecule has 3 aromatic rings. The number of rotatable bonds is 7. The summed E-state index contributed by atoms with van der Waals surface area (Å²) in [6.45, 7) is 2.65. The molecule has 0 aliphatic carbocycles. The molecule has 6 heteroatoms. The Balaban J connectivity index is 1.81. The molecule has 0 amide bonds. The van der Waals surface area contributed by atoms with Gasteiger partial charge in [-0.25, -0.2) is 0 Å². The predicted molar refractivity (Wildman–Crippen MR) is 100 cm³/mol. The summed E-state index contributed by atoms with van der Waals surface area (Å²) in [7, 11) is -2.33. The molecule has 0 heterocycles. The second-order valence-electron chi connectivity index (χ2n) is 5.81. The van der Waals surface area contributed by atoms with Crippen molar-refractivity contribution in [2.24, 2.45) is 0 Å². The zero-order valence-corrected chi connectivity index (χ0v) is 15.5. The highest BCUT2D eigenvalue weighted by Crippen LogP contribution is 2.26. The van der Waals surface area contributed by atoms with Gasteiger partial charge in [0.05, 0.1) is 6.61 Å². The summed E-state index contributed by atoms with van der Waals surface area (Å²) in [5, 5.41) is 1.93. The Morgan fingerprint density at radius 3 is 2.38 bits per heavy atom. The van der Waals surface area contributed by atoms with Crippen LogP contribution in [0.3, 0.4) is 0 Å². The van der Waals surface area contributed by atoms with Gasteiger partial charge < -0.3 is 13.7 Å². The number of hydrogen-bond acceptors (Lipinski definition) is 5. The lowest BCUT2D eigenvalue weighted by molar-refractivity contribution is 0.146. The van der Waals surface area contributed by atoms with Crippen LogP contribution in [0, 0.1) is 6.92 Å². The summed E-state index contributed by atoms with van der Waals surface area (Å²) in [6, 6.07) is 17.5. The molecule has 0 unspecified atom stereocenters. The van der Waals surface area contributed by atoms with E-state index in [0.717, 1.165) is 10.8 Å². The van der Waals surface area contributed by atoms with Crippen molar-refractivity contribution in [3.05, 3.63) is 66.2 Å². The van der Waals surface area contributed by atoms with Gasteiger partial charge in [-0.2, -0.15) is 8.42 Å². The number of aryl methyl sites for hydroxylation is 1. The SMILES string of the molecule is COCCOc1ccc(S(=O)(=O)Oc2ccc3ccccc3c2)cc1C. The van der Waals surface area contributed by atoms with Crippen LogP contribution in [0.2, 0.25) is 0 Å². The van der Waals surface area contributed by atoms with E-state index in [2.05, 4.69) is 0 Å². The molecule has 0 bridgehead atoms. The third-order valence-corrected chi connectivity index (χ3v) is 5.15. The molecule has 0 N–H and O–H groups in total. The molecule has 136 valence electrons. The summed E-state index contributed by atoms with van der Waals surface area (Å²) in [5.41, 5.74) is 0.712. The maximum absolute atomic E-state index is 12.6. The van der Waals surface area contributed by atoms with Crippen molar-refractivity contribution in [2.45, 2.75) is 11.8 Å². The van der Waals surface area contributed by atoms with Gasteiger partial charge in [-0.1, -0.05) is 30.3 Å². The largest absolute Gasteiger partial charge is 0.491 e. The van der Waals surface area contributed by atoms with Gasteiger partial charge in [0.15, 0.2) is 0 Å². The van der Waals surface area contributed by atoms with Crippen molar-refractivity contribution in [2.75, 3.05) is 20.3 Å². The number of fused-ring (bicyclic) bond motifs is 1. The quantitative estimate of drug-likeness (QED) is 0.464. The topological polar surface area (TPSA) is 61.8 Å². The molecule has 3 rings (SSSR count). The Morgan fingerprint density at radius 2 is 1.65 bits per heavy atom. The molecule has 0 saturated heterocycles. The van der Waals surface area contributed by atoms with Crippen LogP contribution >= 0.6 is 0 Å². The van der Waals surface area contributed by atoms with Crippen molar-refractivity contribution >= 4 is 20.9 Å². The minimum atomic E-state index is -3.93. The average molecular weight is 372 g/mol. The first kappa shape index (κ1) is 18.2.